The minimum Gasteiger partial charge on any atom is -0.497 e. The fourth-order valence-electron chi connectivity index (χ4n) is 4.47. The lowest BCUT2D eigenvalue weighted by Crippen LogP contribution is -2.31. The fourth-order valence-corrected chi connectivity index (χ4v) is 4.47. The van der Waals surface area contributed by atoms with E-state index < -0.39 is 0 Å². The number of fused-ring (bicyclic) bond motifs is 3. The monoisotopic (exact) mass is 489 g/mol. The first-order chi connectivity index (χ1) is 17.6. The number of carbonyl (C=O) groups is 1. The van der Waals surface area contributed by atoms with Crippen molar-refractivity contribution >= 4 is 11.9 Å². The van der Waals surface area contributed by atoms with Crippen LogP contribution in [-0.4, -0.2) is 45.9 Å². The lowest BCUT2D eigenvalue weighted by Gasteiger charge is -2.29. The maximum atomic E-state index is 13.2. The van der Waals surface area contributed by atoms with Crippen LogP contribution in [0, 0.1) is 0 Å². The Morgan fingerprint density at radius 1 is 0.889 bits per heavy atom. The van der Waals surface area contributed by atoms with Crippen LogP contribution in [0.25, 0.3) is 6.08 Å². The molecular weight excluding hydrogens is 462 g/mol. The van der Waals surface area contributed by atoms with Gasteiger partial charge in [-0.15, -0.1) is 0 Å². The Balaban J connectivity index is 1.43. The van der Waals surface area contributed by atoms with Gasteiger partial charge in [0.05, 0.1) is 39.6 Å². The van der Waals surface area contributed by atoms with Crippen molar-refractivity contribution < 1.29 is 33.2 Å². The van der Waals surface area contributed by atoms with Crippen molar-refractivity contribution in [2.24, 2.45) is 0 Å². The van der Waals surface area contributed by atoms with E-state index in [1.807, 2.05) is 30.3 Å². The fraction of sp³-hybridized carbons (Fsp3) is 0.250. The molecule has 0 amide bonds. The van der Waals surface area contributed by atoms with Gasteiger partial charge >= 0.3 is 0 Å². The summed E-state index contributed by atoms with van der Waals surface area (Å²) in [6.45, 7) is 1.72. The summed E-state index contributed by atoms with van der Waals surface area (Å²) in [6.07, 6.45) is 1.66. The molecule has 8 heteroatoms. The van der Waals surface area contributed by atoms with Crippen molar-refractivity contribution in [3.05, 3.63) is 76.5 Å². The van der Waals surface area contributed by atoms with Crippen LogP contribution in [0.2, 0.25) is 0 Å². The molecule has 0 fully saturated rings. The van der Waals surface area contributed by atoms with E-state index in [9.17, 15) is 4.79 Å². The van der Waals surface area contributed by atoms with E-state index in [0.29, 0.717) is 53.9 Å². The van der Waals surface area contributed by atoms with Crippen LogP contribution >= 0.6 is 0 Å². The average molecular weight is 490 g/mol. The quantitative estimate of drug-likeness (QED) is 0.443. The number of carbonyl (C=O) groups excluding carboxylic acids is 1. The third-order valence-electron chi connectivity index (χ3n) is 6.27. The molecule has 3 aromatic rings. The third-order valence-corrected chi connectivity index (χ3v) is 6.27. The lowest BCUT2D eigenvalue weighted by molar-refractivity contribution is 0.0872. The second-order valence-corrected chi connectivity index (χ2v) is 8.39. The van der Waals surface area contributed by atoms with E-state index >= 15 is 0 Å². The van der Waals surface area contributed by atoms with Crippen molar-refractivity contribution in [1.29, 1.82) is 0 Å². The number of ether oxygens (including phenoxy) is 6. The smallest absolute Gasteiger partial charge is 0.231 e. The number of Topliss-reactive ketones (excluding diaryl/α,β-unsaturated/α-hetero) is 1. The van der Waals surface area contributed by atoms with Gasteiger partial charge in [-0.2, -0.15) is 0 Å². The highest BCUT2D eigenvalue weighted by molar-refractivity contribution is 6.15. The van der Waals surface area contributed by atoms with Gasteiger partial charge in [0.1, 0.15) is 24.0 Å². The summed E-state index contributed by atoms with van der Waals surface area (Å²) in [5.41, 5.74) is 3.13. The third kappa shape index (κ3) is 4.20. The van der Waals surface area contributed by atoms with Crippen molar-refractivity contribution in [3.63, 3.8) is 0 Å². The van der Waals surface area contributed by atoms with E-state index in [2.05, 4.69) is 4.90 Å². The van der Waals surface area contributed by atoms with Crippen molar-refractivity contribution in [2.75, 3.05) is 35.2 Å². The van der Waals surface area contributed by atoms with E-state index in [1.54, 1.807) is 38.5 Å². The Hall–Kier alpha value is -4.17. The first-order valence-corrected chi connectivity index (χ1v) is 11.4. The van der Waals surface area contributed by atoms with Crippen molar-refractivity contribution in [1.82, 2.24) is 4.90 Å². The molecule has 0 bridgehead atoms. The molecule has 0 aliphatic carbocycles. The van der Waals surface area contributed by atoms with Gasteiger partial charge in [-0.3, -0.25) is 9.69 Å². The van der Waals surface area contributed by atoms with Crippen LogP contribution in [0.3, 0.4) is 0 Å². The molecule has 2 aliphatic rings. The maximum absolute atomic E-state index is 13.2. The average Bonchev–Trinajstić information content (AvgIpc) is 3.24. The van der Waals surface area contributed by atoms with E-state index in [1.165, 1.54) is 14.2 Å². The molecular formula is C28H27NO7. The summed E-state index contributed by atoms with van der Waals surface area (Å²) in [4.78, 5) is 15.4. The van der Waals surface area contributed by atoms with Crippen LogP contribution in [-0.2, 0) is 13.1 Å². The zero-order valence-corrected chi connectivity index (χ0v) is 20.6. The van der Waals surface area contributed by atoms with E-state index in [4.69, 9.17) is 28.4 Å². The number of nitrogens with zero attached hydrogens (tertiary/aromatic N) is 1. The molecule has 36 heavy (non-hydrogen) atoms. The number of methoxy groups -OCH3 is 4. The van der Waals surface area contributed by atoms with Crippen molar-refractivity contribution in [2.45, 2.75) is 13.1 Å². The number of benzene rings is 3. The first kappa shape index (κ1) is 23.6. The molecule has 2 aliphatic heterocycles. The minimum absolute atomic E-state index is 0.197. The summed E-state index contributed by atoms with van der Waals surface area (Å²) >= 11 is 0. The molecule has 0 saturated heterocycles. The van der Waals surface area contributed by atoms with Gasteiger partial charge in [-0.1, -0.05) is 12.1 Å². The molecule has 8 nitrogen and oxygen atoms in total. The van der Waals surface area contributed by atoms with Gasteiger partial charge in [-0.05, 0) is 48.0 Å². The largest absolute Gasteiger partial charge is 0.497 e. The van der Waals surface area contributed by atoms with Gasteiger partial charge in [-0.25, -0.2) is 0 Å². The summed E-state index contributed by atoms with van der Waals surface area (Å²) in [5, 5.41) is 0. The van der Waals surface area contributed by atoms with Gasteiger partial charge in [0.25, 0.3) is 0 Å². The Morgan fingerprint density at radius 3 is 2.36 bits per heavy atom. The Kier molecular flexibility index (Phi) is 6.43. The molecule has 0 spiro atoms. The molecule has 0 atom stereocenters. The van der Waals surface area contributed by atoms with E-state index in [0.717, 1.165) is 22.6 Å². The zero-order valence-electron chi connectivity index (χ0n) is 20.6. The normalized spacial score (nSPS) is 15.6. The van der Waals surface area contributed by atoms with E-state index in [-0.39, 0.29) is 11.5 Å². The molecule has 3 aromatic carbocycles. The highest BCUT2D eigenvalue weighted by atomic mass is 16.5. The predicted molar refractivity (Wildman–Crippen MR) is 133 cm³/mol. The summed E-state index contributed by atoms with van der Waals surface area (Å²) in [5.74, 6) is 3.49. The number of rotatable bonds is 7. The lowest BCUT2D eigenvalue weighted by atomic mass is 10.0. The highest BCUT2D eigenvalue weighted by Crippen LogP contribution is 2.44. The molecule has 0 N–H and O–H groups in total. The first-order valence-electron chi connectivity index (χ1n) is 11.4. The van der Waals surface area contributed by atoms with Gasteiger partial charge in [0.2, 0.25) is 11.5 Å². The molecule has 0 radical (unpaired) electrons. The summed E-state index contributed by atoms with van der Waals surface area (Å²) < 4.78 is 33.8. The minimum atomic E-state index is -0.197. The standard InChI is InChI=1S/C28H27NO7/c1-31-19-8-5-17(6-9-19)14-29-15-21-22(35-16-29)12-10-20-25(30)24(36-27(20)21)13-18-7-11-23(32-2)28(34-4)26(18)33-3/h5-13H,14-16H2,1-4H3. The molecule has 186 valence electrons. The van der Waals surface area contributed by atoms with Crippen LogP contribution in [0.5, 0.6) is 34.5 Å². The van der Waals surface area contributed by atoms with Crippen LogP contribution in [0.1, 0.15) is 27.0 Å². The Labute approximate surface area is 209 Å². The SMILES string of the molecule is COc1ccc(CN2COc3ccc4c(c3C2)OC(=Cc2ccc(OC)c(OC)c2OC)C4=O)cc1. The summed E-state index contributed by atoms with van der Waals surface area (Å²) in [6, 6.07) is 15.1. The van der Waals surface area contributed by atoms with Gasteiger partial charge in [0.15, 0.2) is 17.3 Å². The van der Waals surface area contributed by atoms with Crippen molar-refractivity contribution in [3.8, 4) is 34.5 Å². The predicted octanol–water partition coefficient (Wildman–Crippen LogP) is 4.69. The Bertz CT molecular complexity index is 1330. The molecule has 0 aromatic heterocycles. The van der Waals surface area contributed by atoms with Gasteiger partial charge < -0.3 is 28.4 Å². The molecule has 5 rings (SSSR count). The van der Waals surface area contributed by atoms with Crippen LogP contribution in [0.15, 0.2) is 54.3 Å². The second kappa shape index (κ2) is 9.83. The number of hydrogen-bond donors (Lipinski definition) is 0. The second-order valence-electron chi connectivity index (χ2n) is 8.39. The van der Waals surface area contributed by atoms with Gasteiger partial charge in [0, 0.05) is 18.7 Å². The molecule has 0 saturated carbocycles. The highest BCUT2D eigenvalue weighted by Gasteiger charge is 2.34. The maximum Gasteiger partial charge on any atom is 0.231 e. The number of allylic oxidation sites excluding steroid dienone is 1. The zero-order chi connectivity index (χ0) is 25.2. The summed E-state index contributed by atoms with van der Waals surface area (Å²) in [7, 11) is 6.28. The van der Waals surface area contributed by atoms with Crippen LogP contribution in [0.4, 0.5) is 0 Å². The number of hydrogen-bond acceptors (Lipinski definition) is 8. The molecule has 2 heterocycles. The number of ketones is 1. The molecule has 0 unspecified atom stereocenters. The van der Waals surface area contributed by atoms with Crippen LogP contribution < -0.4 is 28.4 Å². The topological polar surface area (TPSA) is 75.7 Å². The Morgan fingerprint density at radius 2 is 1.67 bits per heavy atom.